The molecule has 3 nitrogen and oxygen atoms in total. The number of benzene rings is 1. The van der Waals surface area contributed by atoms with Crippen LogP contribution >= 0.6 is 11.5 Å². The molecule has 1 aliphatic rings. The molecular formula is C16H23N3S. The zero-order valence-electron chi connectivity index (χ0n) is 12.3. The summed E-state index contributed by atoms with van der Waals surface area (Å²) in [4.78, 5) is 2.58. The highest BCUT2D eigenvalue weighted by Gasteiger charge is 2.25. The Balaban J connectivity index is 1.85. The van der Waals surface area contributed by atoms with Crippen molar-refractivity contribution in [2.75, 3.05) is 18.0 Å². The van der Waals surface area contributed by atoms with Gasteiger partial charge >= 0.3 is 0 Å². The Morgan fingerprint density at radius 2 is 2.20 bits per heavy atom. The summed E-state index contributed by atoms with van der Waals surface area (Å²) in [5, 5.41) is 6.27. The zero-order chi connectivity index (χ0) is 13.9. The molecule has 0 radical (unpaired) electrons. The number of rotatable bonds is 4. The normalized spacial score (nSPS) is 19.9. The van der Waals surface area contributed by atoms with Gasteiger partial charge in [0.05, 0.1) is 5.52 Å². The Morgan fingerprint density at radius 1 is 1.35 bits per heavy atom. The van der Waals surface area contributed by atoms with E-state index in [-0.39, 0.29) is 0 Å². The molecule has 0 amide bonds. The molecular weight excluding hydrogens is 266 g/mol. The first-order valence-corrected chi connectivity index (χ1v) is 8.37. The fraction of sp³-hybridized carbons (Fsp3) is 0.562. The van der Waals surface area contributed by atoms with Gasteiger partial charge in [-0.2, -0.15) is 4.37 Å². The molecule has 1 fully saturated rings. The fourth-order valence-electron chi connectivity index (χ4n) is 2.93. The maximum Gasteiger partial charge on any atom is 0.120 e. The van der Waals surface area contributed by atoms with Crippen molar-refractivity contribution in [1.82, 2.24) is 9.69 Å². The Kier molecular flexibility index (Phi) is 4.22. The van der Waals surface area contributed by atoms with E-state index in [0.717, 1.165) is 18.6 Å². The predicted octanol–water partition coefficient (Wildman–Crippen LogP) is 3.65. The van der Waals surface area contributed by atoms with Crippen LogP contribution in [-0.2, 0) is 0 Å². The zero-order valence-corrected chi connectivity index (χ0v) is 13.1. The van der Waals surface area contributed by atoms with Crippen molar-refractivity contribution >= 4 is 27.4 Å². The highest BCUT2D eigenvalue weighted by molar-refractivity contribution is 7.11. The number of hydrogen-bond acceptors (Lipinski definition) is 4. The molecule has 1 unspecified atom stereocenters. The van der Waals surface area contributed by atoms with Gasteiger partial charge in [0, 0.05) is 30.6 Å². The van der Waals surface area contributed by atoms with Crippen molar-refractivity contribution < 1.29 is 0 Å². The molecule has 0 aliphatic carbocycles. The van der Waals surface area contributed by atoms with Crippen LogP contribution in [0.4, 0.5) is 5.00 Å². The van der Waals surface area contributed by atoms with E-state index in [2.05, 4.69) is 52.7 Å². The highest BCUT2D eigenvalue weighted by atomic mass is 32.1. The summed E-state index contributed by atoms with van der Waals surface area (Å²) in [6.45, 7) is 6.67. The predicted molar refractivity (Wildman–Crippen MR) is 87.7 cm³/mol. The topological polar surface area (TPSA) is 28.2 Å². The van der Waals surface area contributed by atoms with Crippen molar-refractivity contribution in [1.29, 1.82) is 0 Å². The molecule has 0 bridgehead atoms. The molecule has 1 atom stereocenters. The number of anilines is 1. The molecule has 1 saturated heterocycles. The van der Waals surface area contributed by atoms with Gasteiger partial charge in [0.15, 0.2) is 0 Å². The Bertz CT molecular complexity index is 564. The molecule has 1 N–H and O–H groups in total. The third-order valence-corrected chi connectivity index (χ3v) is 4.93. The van der Waals surface area contributed by atoms with Gasteiger partial charge in [-0.1, -0.05) is 26.0 Å². The van der Waals surface area contributed by atoms with Crippen LogP contribution in [0.15, 0.2) is 24.3 Å². The number of piperidine rings is 1. The monoisotopic (exact) mass is 289 g/mol. The second-order valence-corrected chi connectivity index (χ2v) is 6.66. The lowest BCUT2D eigenvalue weighted by atomic mass is 10.0. The van der Waals surface area contributed by atoms with Crippen LogP contribution < -0.4 is 10.2 Å². The van der Waals surface area contributed by atoms with E-state index in [4.69, 9.17) is 0 Å². The maximum atomic E-state index is 4.60. The summed E-state index contributed by atoms with van der Waals surface area (Å²) in [6, 6.07) is 9.66. The lowest BCUT2D eigenvalue weighted by Crippen LogP contribution is -2.46. The molecule has 2 aromatic rings. The molecule has 1 aromatic heterocycles. The molecule has 1 aliphatic heterocycles. The van der Waals surface area contributed by atoms with E-state index in [9.17, 15) is 0 Å². The molecule has 1 aromatic carbocycles. The molecule has 20 heavy (non-hydrogen) atoms. The molecule has 2 heterocycles. The van der Waals surface area contributed by atoms with Crippen LogP contribution in [0.1, 0.15) is 33.1 Å². The smallest absolute Gasteiger partial charge is 0.120 e. The van der Waals surface area contributed by atoms with Crippen molar-refractivity contribution in [2.24, 2.45) is 0 Å². The lowest BCUT2D eigenvalue weighted by Gasteiger charge is -2.37. The van der Waals surface area contributed by atoms with Gasteiger partial charge in [0.25, 0.3) is 0 Å². The summed E-state index contributed by atoms with van der Waals surface area (Å²) >= 11 is 1.66. The van der Waals surface area contributed by atoms with Gasteiger partial charge in [-0.15, -0.1) is 0 Å². The highest BCUT2D eigenvalue weighted by Crippen LogP contribution is 2.34. The van der Waals surface area contributed by atoms with E-state index < -0.39 is 0 Å². The third kappa shape index (κ3) is 2.81. The van der Waals surface area contributed by atoms with E-state index in [0.29, 0.717) is 12.1 Å². The third-order valence-electron chi connectivity index (χ3n) is 4.01. The van der Waals surface area contributed by atoms with Crippen LogP contribution in [0.2, 0.25) is 0 Å². The summed E-state index contributed by atoms with van der Waals surface area (Å²) in [5.74, 6) is 0. The van der Waals surface area contributed by atoms with Crippen LogP contribution in [0.25, 0.3) is 10.9 Å². The van der Waals surface area contributed by atoms with Gasteiger partial charge in [0.2, 0.25) is 0 Å². The fourth-order valence-corrected chi connectivity index (χ4v) is 3.89. The first-order chi connectivity index (χ1) is 9.75. The standard InChI is InChI=1S/C16H23N3S/c1-12(2)17-11-13-7-5-6-10-19(13)16-14-8-3-4-9-15(14)18-20-16/h3-4,8-9,12-13,17H,5-7,10-11H2,1-2H3. The quantitative estimate of drug-likeness (QED) is 0.931. The average Bonchev–Trinajstić information content (AvgIpc) is 2.89. The van der Waals surface area contributed by atoms with Crippen LogP contribution in [0, 0.1) is 0 Å². The second-order valence-electron chi connectivity index (χ2n) is 5.91. The van der Waals surface area contributed by atoms with Gasteiger partial charge in [-0.3, -0.25) is 0 Å². The average molecular weight is 289 g/mol. The number of fused-ring (bicyclic) bond motifs is 1. The largest absolute Gasteiger partial charge is 0.357 e. The molecule has 3 rings (SSSR count). The summed E-state index contributed by atoms with van der Waals surface area (Å²) in [7, 11) is 0. The summed E-state index contributed by atoms with van der Waals surface area (Å²) < 4.78 is 4.60. The van der Waals surface area contributed by atoms with Crippen LogP contribution in [-0.4, -0.2) is 29.5 Å². The summed E-state index contributed by atoms with van der Waals surface area (Å²) in [6.07, 6.45) is 3.92. The number of nitrogens with one attached hydrogen (secondary N) is 1. The molecule has 4 heteroatoms. The van der Waals surface area contributed by atoms with Gasteiger partial charge in [-0.25, -0.2) is 0 Å². The Hall–Kier alpha value is -1.13. The van der Waals surface area contributed by atoms with Crippen LogP contribution in [0.5, 0.6) is 0 Å². The van der Waals surface area contributed by atoms with Gasteiger partial charge < -0.3 is 10.2 Å². The minimum absolute atomic E-state index is 0.553. The molecule has 0 spiro atoms. The van der Waals surface area contributed by atoms with Crippen LogP contribution in [0.3, 0.4) is 0 Å². The Labute approximate surface area is 125 Å². The number of aromatic nitrogens is 1. The first-order valence-electron chi connectivity index (χ1n) is 7.60. The van der Waals surface area contributed by atoms with Gasteiger partial charge in [-0.05, 0) is 42.9 Å². The lowest BCUT2D eigenvalue weighted by molar-refractivity contribution is 0.423. The van der Waals surface area contributed by atoms with Crippen molar-refractivity contribution in [3.05, 3.63) is 24.3 Å². The SMILES string of the molecule is CC(C)NCC1CCCCN1c1snc2ccccc12. The second kappa shape index (κ2) is 6.10. The van der Waals surface area contributed by atoms with Gasteiger partial charge in [0.1, 0.15) is 5.00 Å². The minimum atomic E-state index is 0.553. The summed E-state index contributed by atoms with van der Waals surface area (Å²) in [5.41, 5.74) is 1.13. The van der Waals surface area contributed by atoms with E-state index in [1.54, 1.807) is 11.5 Å². The molecule has 0 saturated carbocycles. The van der Waals surface area contributed by atoms with E-state index in [1.807, 2.05) is 0 Å². The number of nitrogens with zero attached hydrogens (tertiary/aromatic N) is 2. The van der Waals surface area contributed by atoms with Crippen molar-refractivity contribution in [2.45, 2.75) is 45.2 Å². The van der Waals surface area contributed by atoms with Crippen molar-refractivity contribution in [3.8, 4) is 0 Å². The maximum absolute atomic E-state index is 4.60. The number of hydrogen-bond donors (Lipinski definition) is 1. The Morgan fingerprint density at radius 3 is 3.05 bits per heavy atom. The minimum Gasteiger partial charge on any atom is -0.357 e. The van der Waals surface area contributed by atoms with E-state index in [1.165, 1.54) is 29.6 Å². The van der Waals surface area contributed by atoms with E-state index >= 15 is 0 Å². The molecule has 108 valence electrons. The first kappa shape index (κ1) is 13.8. The van der Waals surface area contributed by atoms with Crippen molar-refractivity contribution in [3.63, 3.8) is 0 Å².